The van der Waals surface area contributed by atoms with Gasteiger partial charge in [0.2, 0.25) is 0 Å². The van der Waals surface area contributed by atoms with Crippen molar-refractivity contribution in [1.82, 2.24) is 9.88 Å². The number of hydrogen-bond donors (Lipinski definition) is 2. The van der Waals surface area contributed by atoms with E-state index in [0.29, 0.717) is 11.4 Å². The number of nitrogen functional groups attached to an aromatic ring is 1. The molecule has 1 aliphatic heterocycles. The summed E-state index contributed by atoms with van der Waals surface area (Å²) < 4.78 is 1.96. The number of nitrogens with zero attached hydrogens (tertiary/aromatic N) is 1. The van der Waals surface area contributed by atoms with Crippen molar-refractivity contribution in [2.45, 2.75) is 24.5 Å². The Morgan fingerprint density at radius 3 is 3.00 bits per heavy atom. The average Bonchev–Trinajstić information content (AvgIpc) is 2.83. The van der Waals surface area contributed by atoms with Gasteiger partial charge in [-0.15, -0.1) is 0 Å². The minimum Gasteiger partial charge on any atom is -0.397 e. The van der Waals surface area contributed by atoms with E-state index in [1.807, 2.05) is 18.8 Å². The van der Waals surface area contributed by atoms with Gasteiger partial charge in [0.1, 0.15) is 5.69 Å². The second-order valence-electron chi connectivity index (χ2n) is 4.85. The second-order valence-corrected chi connectivity index (χ2v) is 6.54. The molecule has 1 aromatic rings. The smallest absolute Gasteiger partial charge is 0.268 e. The molecule has 0 bridgehead atoms. The number of carbonyl (C=O) groups is 1. The number of aromatic nitrogens is 1. The summed E-state index contributed by atoms with van der Waals surface area (Å²) in [5, 5.41) is 3.00. The fourth-order valence-corrected chi connectivity index (χ4v) is 3.39. The molecule has 0 radical (unpaired) electrons. The molecule has 4 nitrogen and oxygen atoms in total. The van der Waals surface area contributed by atoms with Crippen LogP contribution >= 0.6 is 11.8 Å². The number of nitrogens with two attached hydrogens (primary N) is 1. The molecule has 0 spiro atoms. The first-order valence-corrected chi connectivity index (χ1v) is 6.83. The van der Waals surface area contributed by atoms with Gasteiger partial charge in [-0.05, 0) is 31.6 Å². The number of thioether (sulfide) groups is 1. The van der Waals surface area contributed by atoms with Gasteiger partial charge < -0.3 is 15.6 Å². The third-order valence-corrected chi connectivity index (χ3v) is 4.72. The molecule has 94 valence electrons. The van der Waals surface area contributed by atoms with E-state index in [1.54, 1.807) is 16.8 Å². The van der Waals surface area contributed by atoms with Gasteiger partial charge in [-0.25, -0.2) is 0 Å². The van der Waals surface area contributed by atoms with Gasteiger partial charge >= 0.3 is 0 Å². The van der Waals surface area contributed by atoms with Crippen molar-refractivity contribution >= 4 is 23.4 Å². The van der Waals surface area contributed by atoms with Gasteiger partial charge in [-0.2, -0.15) is 11.8 Å². The van der Waals surface area contributed by atoms with Crippen LogP contribution < -0.4 is 11.1 Å². The highest BCUT2D eigenvalue weighted by atomic mass is 32.2. The molecular weight excluding hydrogens is 234 g/mol. The molecule has 1 aromatic heterocycles. The summed E-state index contributed by atoms with van der Waals surface area (Å²) in [6.07, 6.45) is 4.17. The highest BCUT2D eigenvalue weighted by Gasteiger charge is 2.30. The SMILES string of the molecule is Cn1cc(N)cc1C(=O)NCC1(C)CCCS1. The molecule has 3 N–H and O–H groups in total. The molecule has 0 aliphatic carbocycles. The van der Waals surface area contributed by atoms with Crippen LogP contribution in [0.2, 0.25) is 0 Å². The van der Waals surface area contributed by atoms with Crippen molar-refractivity contribution in [2.75, 3.05) is 18.0 Å². The summed E-state index contributed by atoms with van der Waals surface area (Å²) in [5.41, 5.74) is 6.90. The predicted molar refractivity (Wildman–Crippen MR) is 72.3 cm³/mol. The number of aryl methyl sites for hydroxylation is 1. The molecule has 5 heteroatoms. The molecule has 1 unspecified atom stereocenters. The Hall–Kier alpha value is -1.10. The summed E-state index contributed by atoms with van der Waals surface area (Å²) in [7, 11) is 1.83. The Bertz CT molecular complexity index is 421. The quantitative estimate of drug-likeness (QED) is 0.860. The standard InChI is InChI=1S/C12H19N3OS/c1-12(4-3-5-17-12)8-14-11(16)10-6-9(13)7-15(10)2/h6-7H,3-5,8,13H2,1-2H3,(H,14,16). The lowest BCUT2D eigenvalue weighted by molar-refractivity contribution is 0.0942. The molecule has 2 rings (SSSR count). The number of amides is 1. The number of carbonyl (C=O) groups excluding carboxylic acids is 1. The van der Waals surface area contributed by atoms with Crippen molar-refractivity contribution in [2.24, 2.45) is 7.05 Å². The van der Waals surface area contributed by atoms with Crippen molar-refractivity contribution in [1.29, 1.82) is 0 Å². The largest absolute Gasteiger partial charge is 0.397 e. The lowest BCUT2D eigenvalue weighted by Gasteiger charge is -2.22. The fraction of sp³-hybridized carbons (Fsp3) is 0.583. The Labute approximate surface area is 106 Å². The Morgan fingerprint density at radius 2 is 2.47 bits per heavy atom. The van der Waals surface area contributed by atoms with Crippen LogP contribution in [0.1, 0.15) is 30.3 Å². The van der Waals surface area contributed by atoms with Crippen LogP contribution in [0.25, 0.3) is 0 Å². The molecule has 1 atom stereocenters. The normalized spacial score (nSPS) is 23.9. The highest BCUT2D eigenvalue weighted by Crippen LogP contribution is 2.36. The Morgan fingerprint density at radius 1 is 1.71 bits per heavy atom. The minimum absolute atomic E-state index is 0.0436. The summed E-state index contributed by atoms with van der Waals surface area (Å²) in [5.74, 6) is 1.15. The molecule has 1 amide bonds. The van der Waals surface area contributed by atoms with Crippen LogP contribution in [0.15, 0.2) is 12.3 Å². The molecule has 2 heterocycles. The van der Waals surface area contributed by atoms with Gasteiger partial charge in [-0.1, -0.05) is 0 Å². The van der Waals surface area contributed by atoms with Gasteiger partial charge in [0.15, 0.2) is 0 Å². The summed E-state index contributed by atoms with van der Waals surface area (Å²) in [4.78, 5) is 12.0. The third kappa shape index (κ3) is 2.77. The van der Waals surface area contributed by atoms with Gasteiger partial charge in [0.05, 0.1) is 5.69 Å². The van der Waals surface area contributed by atoms with E-state index in [-0.39, 0.29) is 10.7 Å². The summed E-state index contributed by atoms with van der Waals surface area (Å²) >= 11 is 1.95. The topological polar surface area (TPSA) is 60.0 Å². The van der Waals surface area contributed by atoms with Crippen molar-refractivity contribution in [3.8, 4) is 0 Å². The monoisotopic (exact) mass is 253 g/mol. The van der Waals surface area contributed by atoms with E-state index < -0.39 is 0 Å². The Balaban J connectivity index is 1.95. The van der Waals surface area contributed by atoms with Crippen LogP contribution in [-0.4, -0.2) is 27.5 Å². The second kappa shape index (κ2) is 4.64. The molecule has 17 heavy (non-hydrogen) atoms. The maximum Gasteiger partial charge on any atom is 0.268 e. The minimum atomic E-state index is -0.0436. The number of anilines is 1. The van der Waals surface area contributed by atoms with E-state index in [9.17, 15) is 4.79 Å². The molecule has 0 aromatic carbocycles. The van der Waals surface area contributed by atoms with Gasteiger partial charge in [0.25, 0.3) is 5.91 Å². The number of nitrogens with one attached hydrogen (secondary N) is 1. The van der Waals surface area contributed by atoms with Crippen LogP contribution in [0.4, 0.5) is 5.69 Å². The highest BCUT2D eigenvalue weighted by molar-refractivity contribution is 8.00. The predicted octanol–water partition coefficient (Wildman–Crippen LogP) is 1.62. The number of rotatable bonds is 3. The lowest BCUT2D eigenvalue weighted by Crippen LogP contribution is -2.37. The molecule has 1 saturated heterocycles. The van der Waals surface area contributed by atoms with Crippen LogP contribution in [0.3, 0.4) is 0 Å². The zero-order valence-electron chi connectivity index (χ0n) is 10.3. The molecular formula is C12H19N3OS. The summed E-state index contributed by atoms with van der Waals surface area (Å²) in [6, 6.07) is 1.71. The summed E-state index contributed by atoms with van der Waals surface area (Å²) in [6.45, 7) is 2.94. The zero-order chi connectivity index (χ0) is 12.5. The van der Waals surface area contributed by atoms with Gasteiger partial charge in [-0.3, -0.25) is 4.79 Å². The van der Waals surface area contributed by atoms with Crippen molar-refractivity contribution < 1.29 is 4.79 Å². The maximum atomic E-state index is 12.0. The first-order chi connectivity index (χ1) is 8.00. The lowest BCUT2D eigenvalue weighted by atomic mass is 10.1. The van der Waals surface area contributed by atoms with Crippen molar-refractivity contribution in [3.05, 3.63) is 18.0 Å². The molecule has 1 fully saturated rings. The third-order valence-electron chi connectivity index (χ3n) is 3.18. The Kier molecular flexibility index (Phi) is 3.38. The first-order valence-electron chi connectivity index (χ1n) is 5.84. The average molecular weight is 253 g/mol. The first kappa shape index (κ1) is 12.4. The molecule has 0 saturated carbocycles. The van der Waals surface area contributed by atoms with Crippen LogP contribution in [0.5, 0.6) is 0 Å². The maximum absolute atomic E-state index is 12.0. The van der Waals surface area contributed by atoms with E-state index in [1.165, 1.54) is 18.6 Å². The fourth-order valence-electron chi connectivity index (χ4n) is 2.15. The zero-order valence-corrected chi connectivity index (χ0v) is 11.1. The number of hydrogen-bond acceptors (Lipinski definition) is 3. The molecule has 1 aliphatic rings. The van der Waals surface area contributed by atoms with E-state index in [4.69, 9.17) is 5.73 Å². The van der Waals surface area contributed by atoms with E-state index in [2.05, 4.69) is 12.2 Å². The van der Waals surface area contributed by atoms with E-state index >= 15 is 0 Å². The van der Waals surface area contributed by atoms with E-state index in [0.717, 1.165) is 6.54 Å². The van der Waals surface area contributed by atoms with Crippen LogP contribution in [0, 0.1) is 0 Å². The van der Waals surface area contributed by atoms with Crippen LogP contribution in [-0.2, 0) is 7.05 Å². The van der Waals surface area contributed by atoms with Crippen molar-refractivity contribution in [3.63, 3.8) is 0 Å². The van der Waals surface area contributed by atoms with Gasteiger partial charge in [0, 0.05) is 24.5 Å².